The average molecular weight is 370 g/mol. The predicted octanol–water partition coefficient (Wildman–Crippen LogP) is 1.70. The lowest BCUT2D eigenvalue weighted by Crippen LogP contribution is -2.43. The zero-order valence-electron chi connectivity index (χ0n) is 15.5. The minimum absolute atomic E-state index is 0.167. The van der Waals surface area contributed by atoms with Crippen molar-refractivity contribution >= 4 is 23.4 Å². The first-order valence-electron chi connectivity index (χ1n) is 8.46. The van der Waals surface area contributed by atoms with Gasteiger partial charge in [-0.15, -0.1) is 0 Å². The van der Waals surface area contributed by atoms with Gasteiger partial charge in [-0.05, 0) is 31.9 Å². The van der Waals surface area contributed by atoms with E-state index >= 15 is 0 Å². The minimum atomic E-state index is -0.720. The maximum Gasteiger partial charge on any atom is 0.355 e. The highest BCUT2D eigenvalue weighted by Gasteiger charge is 2.20. The van der Waals surface area contributed by atoms with E-state index < -0.39 is 24.5 Å². The average Bonchev–Trinajstić information content (AvgIpc) is 3.02. The molecular weight excluding hydrogens is 348 g/mol. The number of rotatable bonds is 8. The van der Waals surface area contributed by atoms with Crippen LogP contribution in [0.1, 0.15) is 40.3 Å². The van der Waals surface area contributed by atoms with Gasteiger partial charge in [0.2, 0.25) is 0 Å². The summed E-state index contributed by atoms with van der Waals surface area (Å²) < 4.78 is 6.46. The summed E-state index contributed by atoms with van der Waals surface area (Å²) in [5.74, 6) is -1.65. The number of ketones is 2. The van der Waals surface area contributed by atoms with Crippen LogP contribution in [0.15, 0.2) is 42.6 Å². The first-order valence-corrected chi connectivity index (χ1v) is 8.46. The van der Waals surface area contributed by atoms with Crippen molar-refractivity contribution in [3.8, 4) is 0 Å². The van der Waals surface area contributed by atoms with Gasteiger partial charge in [-0.2, -0.15) is 0 Å². The number of aromatic nitrogens is 1. The van der Waals surface area contributed by atoms with E-state index in [1.807, 2.05) is 30.3 Å². The predicted molar refractivity (Wildman–Crippen MR) is 98.5 cm³/mol. The zero-order chi connectivity index (χ0) is 20.0. The Labute approximate surface area is 157 Å². The second-order valence-corrected chi connectivity index (χ2v) is 6.28. The van der Waals surface area contributed by atoms with Crippen LogP contribution < -0.4 is 5.32 Å². The van der Waals surface area contributed by atoms with Gasteiger partial charge in [0.25, 0.3) is 5.91 Å². The summed E-state index contributed by atoms with van der Waals surface area (Å²) in [5.41, 5.74) is 1.46. The SMILES string of the molecule is CC(=O)c1cc(C(=O)OCC(=O)N[C@@H](Cc2ccccc2)C(C)=O)n(C)c1. The maximum absolute atomic E-state index is 12.1. The first-order chi connectivity index (χ1) is 12.8. The monoisotopic (exact) mass is 370 g/mol. The highest BCUT2D eigenvalue weighted by atomic mass is 16.5. The summed E-state index contributed by atoms with van der Waals surface area (Å²) in [5, 5.41) is 2.58. The summed E-state index contributed by atoms with van der Waals surface area (Å²) in [7, 11) is 1.61. The molecule has 0 aliphatic heterocycles. The van der Waals surface area contributed by atoms with Crippen LogP contribution in [0.3, 0.4) is 0 Å². The van der Waals surface area contributed by atoms with Crippen molar-refractivity contribution in [2.75, 3.05) is 6.61 Å². The van der Waals surface area contributed by atoms with Gasteiger partial charge in [0.05, 0.1) is 6.04 Å². The van der Waals surface area contributed by atoms with Gasteiger partial charge in [-0.25, -0.2) is 4.79 Å². The molecule has 0 unspecified atom stereocenters. The van der Waals surface area contributed by atoms with Crippen LogP contribution in [0.5, 0.6) is 0 Å². The van der Waals surface area contributed by atoms with E-state index in [1.54, 1.807) is 7.05 Å². The number of amides is 1. The molecule has 142 valence electrons. The summed E-state index contributed by atoms with van der Waals surface area (Å²) >= 11 is 0. The summed E-state index contributed by atoms with van der Waals surface area (Å²) in [6.45, 7) is 2.28. The fourth-order valence-corrected chi connectivity index (χ4v) is 2.55. The lowest BCUT2D eigenvalue weighted by atomic mass is 10.0. The molecular formula is C20H22N2O5. The zero-order valence-corrected chi connectivity index (χ0v) is 15.5. The molecule has 1 N–H and O–H groups in total. The molecule has 2 aromatic rings. The number of nitrogens with one attached hydrogen (secondary N) is 1. The molecule has 1 atom stereocenters. The highest BCUT2D eigenvalue weighted by molar-refractivity contribution is 5.98. The Morgan fingerprint density at radius 1 is 1.11 bits per heavy atom. The number of Topliss-reactive ketones (excluding diaryl/α,β-unsaturated/α-hetero) is 2. The Hall–Kier alpha value is -3.22. The molecule has 0 saturated heterocycles. The van der Waals surface area contributed by atoms with Gasteiger partial charge >= 0.3 is 5.97 Å². The standard InChI is InChI=1S/C20H22N2O5/c1-13(23)16-10-18(22(3)11-16)20(26)27-12-19(25)21-17(14(2)24)9-15-7-5-4-6-8-15/h4-8,10-11,17H,9,12H2,1-3H3,(H,21,25)/t17-/m0/s1. The van der Waals surface area contributed by atoms with Crippen molar-refractivity contribution in [3.63, 3.8) is 0 Å². The fourth-order valence-electron chi connectivity index (χ4n) is 2.55. The summed E-state index contributed by atoms with van der Waals surface area (Å²) in [4.78, 5) is 47.4. The Bertz CT molecular complexity index is 855. The van der Waals surface area contributed by atoms with Crippen LogP contribution >= 0.6 is 0 Å². The Morgan fingerprint density at radius 3 is 2.33 bits per heavy atom. The maximum atomic E-state index is 12.1. The minimum Gasteiger partial charge on any atom is -0.451 e. The third-order valence-electron chi connectivity index (χ3n) is 4.06. The van der Waals surface area contributed by atoms with E-state index in [0.29, 0.717) is 12.0 Å². The number of carbonyl (C=O) groups excluding carboxylic acids is 4. The molecule has 0 spiro atoms. The number of hydrogen-bond donors (Lipinski definition) is 1. The van der Waals surface area contributed by atoms with Crippen molar-refractivity contribution in [1.29, 1.82) is 0 Å². The van der Waals surface area contributed by atoms with Gasteiger partial charge in [-0.3, -0.25) is 14.4 Å². The number of carbonyl (C=O) groups is 4. The molecule has 7 heteroatoms. The van der Waals surface area contributed by atoms with Crippen LogP contribution in [0.25, 0.3) is 0 Å². The highest BCUT2D eigenvalue weighted by Crippen LogP contribution is 2.09. The van der Waals surface area contributed by atoms with E-state index in [9.17, 15) is 19.2 Å². The molecule has 1 aromatic heterocycles. The van der Waals surface area contributed by atoms with Crippen LogP contribution in [0, 0.1) is 0 Å². The van der Waals surface area contributed by atoms with Gasteiger partial charge in [0.15, 0.2) is 18.2 Å². The van der Waals surface area contributed by atoms with Crippen LogP contribution in [0.2, 0.25) is 0 Å². The first kappa shape index (κ1) is 20.1. The third kappa shape index (κ3) is 5.64. The molecule has 2 rings (SSSR count). The number of esters is 1. The Balaban J connectivity index is 1.93. The van der Waals surface area contributed by atoms with E-state index in [-0.39, 0.29) is 17.3 Å². The number of aryl methyl sites for hydroxylation is 1. The molecule has 0 radical (unpaired) electrons. The molecule has 0 saturated carbocycles. The second kappa shape index (κ2) is 8.93. The van der Waals surface area contributed by atoms with E-state index in [2.05, 4.69) is 5.32 Å². The molecule has 0 aliphatic carbocycles. The molecule has 1 amide bonds. The van der Waals surface area contributed by atoms with Crippen LogP contribution in [-0.2, 0) is 27.8 Å². The largest absolute Gasteiger partial charge is 0.451 e. The topological polar surface area (TPSA) is 94.5 Å². The molecule has 27 heavy (non-hydrogen) atoms. The second-order valence-electron chi connectivity index (χ2n) is 6.28. The van der Waals surface area contributed by atoms with Gasteiger partial charge in [0, 0.05) is 18.8 Å². The van der Waals surface area contributed by atoms with E-state index in [4.69, 9.17) is 4.74 Å². The number of ether oxygens (including phenoxy) is 1. The van der Waals surface area contributed by atoms with Gasteiger partial charge in [-0.1, -0.05) is 30.3 Å². The van der Waals surface area contributed by atoms with Crippen molar-refractivity contribution in [1.82, 2.24) is 9.88 Å². The number of nitrogens with zero attached hydrogens (tertiary/aromatic N) is 1. The Kier molecular flexibility index (Phi) is 6.65. The van der Waals surface area contributed by atoms with Crippen molar-refractivity contribution < 1.29 is 23.9 Å². The van der Waals surface area contributed by atoms with Crippen LogP contribution in [-0.4, -0.2) is 40.7 Å². The van der Waals surface area contributed by atoms with Crippen LogP contribution in [0.4, 0.5) is 0 Å². The molecule has 0 bridgehead atoms. The molecule has 1 heterocycles. The third-order valence-corrected chi connectivity index (χ3v) is 4.06. The smallest absolute Gasteiger partial charge is 0.355 e. The number of benzene rings is 1. The normalized spacial score (nSPS) is 11.5. The molecule has 1 aromatic carbocycles. The summed E-state index contributed by atoms with van der Waals surface area (Å²) in [6, 6.07) is 10.0. The summed E-state index contributed by atoms with van der Waals surface area (Å²) in [6.07, 6.45) is 1.88. The fraction of sp³-hybridized carbons (Fsp3) is 0.300. The molecule has 0 fully saturated rings. The lowest BCUT2D eigenvalue weighted by Gasteiger charge is -2.16. The lowest BCUT2D eigenvalue weighted by molar-refractivity contribution is -0.128. The number of hydrogen-bond acceptors (Lipinski definition) is 5. The van der Waals surface area contributed by atoms with Gasteiger partial charge < -0.3 is 14.6 Å². The Morgan fingerprint density at radius 2 is 1.78 bits per heavy atom. The van der Waals surface area contributed by atoms with Crippen molar-refractivity contribution in [3.05, 3.63) is 59.4 Å². The van der Waals surface area contributed by atoms with E-state index in [1.165, 1.54) is 30.7 Å². The van der Waals surface area contributed by atoms with Crippen molar-refractivity contribution in [2.24, 2.45) is 7.05 Å². The van der Waals surface area contributed by atoms with Crippen molar-refractivity contribution in [2.45, 2.75) is 26.3 Å². The quantitative estimate of drug-likeness (QED) is 0.564. The molecule has 0 aliphatic rings. The molecule has 7 nitrogen and oxygen atoms in total. The van der Waals surface area contributed by atoms with E-state index in [0.717, 1.165) is 5.56 Å². The van der Waals surface area contributed by atoms with Gasteiger partial charge in [0.1, 0.15) is 5.69 Å².